The Bertz CT molecular complexity index is 942. The highest BCUT2D eigenvalue weighted by Gasteiger charge is 2.18. The number of carbonyl (C=O) groups is 1. The van der Waals surface area contributed by atoms with Crippen molar-refractivity contribution in [1.29, 1.82) is 0 Å². The van der Waals surface area contributed by atoms with Crippen LogP contribution in [0.2, 0.25) is 0 Å². The van der Waals surface area contributed by atoms with Crippen LogP contribution in [0.1, 0.15) is 12.8 Å². The molecule has 28 heavy (non-hydrogen) atoms. The van der Waals surface area contributed by atoms with E-state index in [1.165, 1.54) is 0 Å². The molecule has 10 heteroatoms. The SMILES string of the molecule is COc1cc(Br)ccc1-c1nnc(N[C@@H]2CCCNC2)n2nccc12.O=CO. The van der Waals surface area contributed by atoms with Crippen molar-refractivity contribution < 1.29 is 14.6 Å². The van der Waals surface area contributed by atoms with Gasteiger partial charge in [0.1, 0.15) is 11.4 Å². The van der Waals surface area contributed by atoms with E-state index in [9.17, 15) is 0 Å². The van der Waals surface area contributed by atoms with Gasteiger partial charge in [-0.1, -0.05) is 15.9 Å². The van der Waals surface area contributed by atoms with E-state index in [1.54, 1.807) is 17.8 Å². The number of carboxylic acid groups (broad SMARTS) is 1. The fourth-order valence-electron chi connectivity index (χ4n) is 3.14. The monoisotopic (exact) mass is 448 g/mol. The first-order valence-corrected chi connectivity index (χ1v) is 9.56. The van der Waals surface area contributed by atoms with Crippen LogP contribution < -0.4 is 15.4 Å². The Morgan fingerprint density at radius 3 is 2.93 bits per heavy atom. The summed E-state index contributed by atoms with van der Waals surface area (Å²) in [4.78, 5) is 8.36. The van der Waals surface area contributed by atoms with Gasteiger partial charge >= 0.3 is 0 Å². The van der Waals surface area contributed by atoms with Crippen LogP contribution in [-0.4, -0.2) is 57.6 Å². The Kier molecular flexibility index (Phi) is 6.77. The van der Waals surface area contributed by atoms with Crippen molar-refractivity contribution in [2.45, 2.75) is 18.9 Å². The van der Waals surface area contributed by atoms with Crippen molar-refractivity contribution in [1.82, 2.24) is 25.1 Å². The average Bonchev–Trinajstić information content (AvgIpc) is 3.20. The molecule has 1 aliphatic rings. The van der Waals surface area contributed by atoms with E-state index in [0.717, 1.165) is 52.9 Å². The van der Waals surface area contributed by atoms with Crippen molar-refractivity contribution >= 4 is 33.9 Å². The van der Waals surface area contributed by atoms with Gasteiger partial charge in [0.15, 0.2) is 0 Å². The van der Waals surface area contributed by atoms with Gasteiger partial charge in [0.2, 0.25) is 5.95 Å². The molecule has 9 nitrogen and oxygen atoms in total. The van der Waals surface area contributed by atoms with Gasteiger partial charge in [0, 0.05) is 22.6 Å². The van der Waals surface area contributed by atoms with Gasteiger partial charge in [0.25, 0.3) is 6.47 Å². The number of benzene rings is 1. The number of aromatic nitrogens is 4. The third-order valence-electron chi connectivity index (χ3n) is 4.38. The molecule has 0 amide bonds. The predicted octanol–water partition coefficient (Wildman–Crippen LogP) is 2.43. The molecule has 3 N–H and O–H groups in total. The Morgan fingerprint density at radius 1 is 1.39 bits per heavy atom. The van der Waals surface area contributed by atoms with Crippen LogP contribution in [0, 0.1) is 0 Å². The average molecular weight is 449 g/mol. The van der Waals surface area contributed by atoms with E-state index in [1.807, 2.05) is 24.3 Å². The Labute approximate surface area is 170 Å². The number of piperidine rings is 1. The highest BCUT2D eigenvalue weighted by atomic mass is 79.9. The van der Waals surface area contributed by atoms with Crippen molar-refractivity contribution in [3.63, 3.8) is 0 Å². The molecule has 1 aliphatic heterocycles. The van der Waals surface area contributed by atoms with Crippen LogP contribution in [0.4, 0.5) is 5.95 Å². The molecule has 3 aromatic rings. The molecule has 0 bridgehead atoms. The Hall–Kier alpha value is -2.72. The first-order valence-electron chi connectivity index (χ1n) is 8.77. The largest absolute Gasteiger partial charge is 0.496 e. The molecule has 4 rings (SSSR count). The normalized spacial score (nSPS) is 16.1. The molecule has 3 heterocycles. The number of hydrogen-bond donors (Lipinski definition) is 3. The number of nitrogens with one attached hydrogen (secondary N) is 2. The van der Waals surface area contributed by atoms with Gasteiger partial charge in [-0.3, -0.25) is 4.79 Å². The lowest BCUT2D eigenvalue weighted by Crippen LogP contribution is -2.39. The number of anilines is 1. The summed E-state index contributed by atoms with van der Waals surface area (Å²) < 4.78 is 8.26. The summed E-state index contributed by atoms with van der Waals surface area (Å²) in [5.41, 5.74) is 2.52. The first-order chi connectivity index (χ1) is 13.7. The zero-order valence-corrected chi connectivity index (χ0v) is 16.9. The van der Waals surface area contributed by atoms with E-state index in [4.69, 9.17) is 14.6 Å². The molecule has 148 valence electrons. The second-order valence-corrected chi connectivity index (χ2v) is 7.05. The standard InChI is InChI=1S/C17H19BrN6O.CH2O2/c1-25-15-9-11(18)4-5-13(15)16-14-6-8-20-24(14)17(23-22-16)21-12-3-2-7-19-10-12;2-1-3/h4-6,8-9,12,19H,2-3,7,10H2,1H3,(H,21,23);1H,(H,2,3)/t12-;/m1./s1. The minimum Gasteiger partial charge on any atom is -0.496 e. The van der Waals surface area contributed by atoms with Gasteiger partial charge in [-0.25, -0.2) is 0 Å². The molecular weight excluding hydrogens is 428 g/mol. The number of methoxy groups -OCH3 is 1. The zero-order valence-electron chi connectivity index (χ0n) is 15.3. The van der Waals surface area contributed by atoms with Gasteiger partial charge in [-0.2, -0.15) is 9.61 Å². The molecular formula is C18H21BrN6O3. The smallest absolute Gasteiger partial charge is 0.290 e. The van der Waals surface area contributed by atoms with Crippen LogP contribution in [0.5, 0.6) is 5.75 Å². The highest BCUT2D eigenvalue weighted by molar-refractivity contribution is 9.10. The number of fused-ring (bicyclic) bond motifs is 1. The van der Waals surface area contributed by atoms with Crippen molar-refractivity contribution in [2.75, 3.05) is 25.5 Å². The van der Waals surface area contributed by atoms with E-state index in [-0.39, 0.29) is 6.47 Å². The number of rotatable bonds is 4. The Balaban J connectivity index is 0.000000706. The summed E-state index contributed by atoms with van der Waals surface area (Å²) in [6, 6.07) is 8.13. The second kappa shape index (κ2) is 9.47. The fourth-order valence-corrected chi connectivity index (χ4v) is 3.48. The summed E-state index contributed by atoms with van der Waals surface area (Å²) in [5.74, 6) is 1.40. The Morgan fingerprint density at radius 2 is 2.21 bits per heavy atom. The van der Waals surface area contributed by atoms with Crippen LogP contribution in [0.3, 0.4) is 0 Å². The van der Waals surface area contributed by atoms with Crippen LogP contribution in [0.25, 0.3) is 16.8 Å². The lowest BCUT2D eigenvalue weighted by molar-refractivity contribution is -0.122. The maximum atomic E-state index is 8.36. The summed E-state index contributed by atoms with van der Waals surface area (Å²) in [5, 5.41) is 27.0. The lowest BCUT2D eigenvalue weighted by Gasteiger charge is -2.24. The summed E-state index contributed by atoms with van der Waals surface area (Å²) >= 11 is 3.47. The maximum Gasteiger partial charge on any atom is 0.290 e. The van der Waals surface area contributed by atoms with E-state index in [2.05, 4.69) is 41.9 Å². The molecule has 0 aliphatic carbocycles. The van der Waals surface area contributed by atoms with Gasteiger partial charge < -0.3 is 20.5 Å². The first kappa shape index (κ1) is 20.0. The topological polar surface area (TPSA) is 114 Å². The van der Waals surface area contributed by atoms with E-state index in [0.29, 0.717) is 12.0 Å². The molecule has 2 aromatic heterocycles. The molecule has 1 fully saturated rings. The number of ether oxygens (including phenoxy) is 1. The predicted molar refractivity (Wildman–Crippen MR) is 109 cm³/mol. The highest BCUT2D eigenvalue weighted by Crippen LogP contribution is 2.33. The zero-order chi connectivity index (χ0) is 19.9. The van der Waals surface area contributed by atoms with E-state index >= 15 is 0 Å². The van der Waals surface area contributed by atoms with Crippen molar-refractivity contribution in [3.8, 4) is 17.0 Å². The number of halogens is 1. The molecule has 1 aromatic carbocycles. The third-order valence-corrected chi connectivity index (χ3v) is 4.87. The minimum atomic E-state index is -0.250. The lowest BCUT2D eigenvalue weighted by atomic mass is 10.1. The summed E-state index contributed by atoms with van der Waals surface area (Å²) in [6.07, 6.45) is 4.03. The fraction of sp³-hybridized carbons (Fsp3) is 0.333. The van der Waals surface area contributed by atoms with Gasteiger partial charge in [-0.05, 0) is 43.7 Å². The maximum absolute atomic E-state index is 8.36. The van der Waals surface area contributed by atoms with Crippen molar-refractivity contribution in [3.05, 3.63) is 34.9 Å². The molecule has 0 unspecified atom stereocenters. The molecule has 0 saturated carbocycles. The van der Waals surface area contributed by atoms with E-state index < -0.39 is 0 Å². The quantitative estimate of drug-likeness (QED) is 0.521. The third kappa shape index (κ3) is 4.39. The van der Waals surface area contributed by atoms with Crippen LogP contribution in [0.15, 0.2) is 34.9 Å². The second-order valence-electron chi connectivity index (χ2n) is 6.14. The summed E-state index contributed by atoms with van der Waals surface area (Å²) in [7, 11) is 1.65. The van der Waals surface area contributed by atoms with Crippen LogP contribution >= 0.6 is 15.9 Å². The molecule has 0 spiro atoms. The van der Waals surface area contributed by atoms with Crippen LogP contribution in [-0.2, 0) is 4.79 Å². The molecule has 1 atom stereocenters. The number of hydrogen-bond acceptors (Lipinski definition) is 7. The summed E-state index contributed by atoms with van der Waals surface area (Å²) in [6.45, 7) is 1.75. The van der Waals surface area contributed by atoms with Gasteiger partial charge in [0.05, 0.1) is 18.8 Å². The molecule has 0 radical (unpaired) electrons. The minimum absolute atomic E-state index is 0.250. The molecule has 1 saturated heterocycles. The number of nitrogens with zero attached hydrogens (tertiary/aromatic N) is 4. The van der Waals surface area contributed by atoms with Gasteiger partial charge in [-0.15, -0.1) is 10.2 Å². The van der Waals surface area contributed by atoms with Crippen molar-refractivity contribution in [2.24, 2.45) is 0 Å².